The highest BCUT2D eigenvalue weighted by Crippen LogP contribution is 2.19. The van der Waals surface area contributed by atoms with Crippen LogP contribution in [0, 0.1) is 12.7 Å². The van der Waals surface area contributed by atoms with Crippen LogP contribution in [0.15, 0.2) is 59.8 Å². The van der Waals surface area contributed by atoms with Crippen molar-refractivity contribution in [3.8, 4) is 0 Å². The number of aromatic nitrogens is 3. The number of benzene rings is 2. The Morgan fingerprint density at radius 2 is 1.85 bits per heavy atom. The van der Waals surface area contributed by atoms with Crippen LogP contribution in [0.2, 0.25) is 0 Å². The molecule has 0 aliphatic rings. The molecule has 3 aromatic rings. The molecule has 3 rings (SSSR count). The Kier molecular flexibility index (Phi) is 6.24. The summed E-state index contributed by atoms with van der Waals surface area (Å²) < 4.78 is 15.0. The zero-order chi connectivity index (χ0) is 19.2. The lowest BCUT2D eigenvalue weighted by Crippen LogP contribution is -2.28. The van der Waals surface area contributed by atoms with Crippen molar-refractivity contribution in [2.45, 2.75) is 31.6 Å². The molecule has 1 atom stereocenters. The fraction of sp³-hybridized carbons (Fsp3) is 0.250. The molecule has 7 heteroatoms. The summed E-state index contributed by atoms with van der Waals surface area (Å²) >= 11 is 1.35. The van der Waals surface area contributed by atoms with E-state index in [-0.39, 0.29) is 23.5 Å². The molecule has 1 amide bonds. The van der Waals surface area contributed by atoms with E-state index in [1.807, 2.05) is 48.7 Å². The van der Waals surface area contributed by atoms with Crippen LogP contribution in [-0.4, -0.2) is 26.4 Å². The first-order valence-corrected chi connectivity index (χ1v) is 9.63. The quantitative estimate of drug-likeness (QED) is 0.631. The Balaban J connectivity index is 1.58. The van der Waals surface area contributed by atoms with Gasteiger partial charge in [0.05, 0.1) is 18.3 Å². The maximum atomic E-state index is 13.0. The summed E-state index contributed by atoms with van der Waals surface area (Å²) in [6, 6.07) is 16.0. The largest absolute Gasteiger partial charge is 0.349 e. The van der Waals surface area contributed by atoms with E-state index in [0.717, 1.165) is 17.0 Å². The molecule has 1 aromatic heterocycles. The first kappa shape index (κ1) is 19.1. The highest BCUT2D eigenvalue weighted by Gasteiger charge is 2.14. The molecule has 0 saturated heterocycles. The van der Waals surface area contributed by atoms with Gasteiger partial charge in [0, 0.05) is 0 Å². The molecule has 0 saturated carbocycles. The second-order valence-corrected chi connectivity index (χ2v) is 7.17. The predicted octanol–water partition coefficient (Wildman–Crippen LogP) is 3.74. The first-order chi connectivity index (χ1) is 13.0. The number of thioether (sulfide) groups is 1. The number of halogens is 1. The second-order valence-electron chi connectivity index (χ2n) is 6.23. The van der Waals surface area contributed by atoms with Crippen molar-refractivity contribution in [1.29, 1.82) is 0 Å². The Hall–Kier alpha value is -2.67. The minimum absolute atomic E-state index is 0.108. The molecule has 27 heavy (non-hydrogen) atoms. The number of amides is 1. The minimum atomic E-state index is -0.291. The average Bonchev–Trinajstić information content (AvgIpc) is 3.01. The number of hydrogen-bond acceptors (Lipinski definition) is 4. The second kappa shape index (κ2) is 8.81. The summed E-state index contributed by atoms with van der Waals surface area (Å²) in [6.07, 6.45) is 0. The maximum absolute atomic E-state index is 13.0. The van der Waals surface area contributed by atoms with Crippen LogP contribution in [0.5, 0.6) is 0 Å². The van der Waals surface area contributed by atoms with E-state index in [9.17, 15) is 9.18 Å². The standard InChI is InChI=1S/C20H21FN4OS/c1-14(17-8-10-18(21)11-9-17)22-19(26)13-27-20-24-23-15(2)25(20)12-16-6-4-3-5-7-16/h3-11,14H,12-13H2,1-2H3,(H,22,26)/t14-/m0/s1. The lowest BCUT2D eigenvalue weighted by Gasteiger charge is -2.14. The highest BCUT2D eigenvalue weighted by molar-refractivity contribution is 7.99. The van der Waals surface area contributed by atoms with Crippen LogP contribution in [-0.2, 0) is 11.3 Å². The van der Waals surface area contributed by atoms with Crippen molar-refractivity contribution in [3.05, 3.63) is 77.4 Å². The topological polar surface area (TPSA) is 59.8 Å². The summed E-state index contributed by atoms with van der Waals surface area (Å²) in [5.74, 6) is 0.643. The fourth-order valence-corrected chi connectivity index (χ4v) is 3.46. The van der Waals surface area contributed by atoms with E-state index >= 15 is 0 Å². The molecule has 0 spiro atoms. The number of nitrogens with one attached hydrogen (secondary N) is 1. The molecule has 0 bridgehead atoms. The zero-order valence-electron chi connectivity index (χ0n) is 15.2. The molecule has 1 N–H and O–H groups in total. The summed E-state index contributed by atoms with van der Waals surface area (Å²) in [5, 5.41) is 11.9. The lowest BCUT2D eigenvalue weighted by atomic mass is 10.1. The van der Waals surface area contributed by atoms with E-state index in [2.05, 4.69) is 15.5 Å². The Morgan fingerprint density at radius 1 is 1.15 bits per heavy atom. The van der Waals surface area contributed by atoms with Gasteiger partial charge in [-0.1, -0.05) is 54.2 Å². The highest BCUT2D eigenvalue weighted by atomic mass is 32.2. The van der Waals surface area contributed by atoms with Crippen LogP contribution in [0.1, 0.15) is 29.9 Å². The van der Waals surface area contributed by atoms with E-state index < -0.39 is 0 Å². The van der Waals surface area contributed by atoms with Crippen molar-refractivity contribution >= 4 is 17.7 Å². The number of carbonyl (C=O) groups is 1. The number of rotatable bonds is 7. The van der Waals surface area contributed by atoms with Gasteiger partial charge in [0.15, 0.2) is 5.16 Å². The van der Waals surface area contributed by atoms with Gasteiger partial charge in [0.25, 0.3) is 0 Å². The smallest absolute Gasteiger partial charge is 0.230 e. The summed E-state index contributed by atoms with van der Waals surface area (Å²) in [6.45, 7) is 4.43. The molecule has 1 heterocycles. The third kappa shape index (κ3) is 5.17. The van der Waals surface area contributed by atoms with Crippen LogP contribution >= 0.6 is 11.8 Å². The van der Waals surface area contributed by atoms with Crippen LogP contribution in [0.4, 0.5) is 4.39 Å². The normalized spacial score (nSPS) is 12.0. The average molecular weight is 384 g/mol. The van der Waals surface area contributed by atoms with Gasteiger partial charge in [-0.05, 0) is 37.1 Å². The van der Waals surface area contributed by atoms with Gasteiger partial charge in [-0.2, -0.15) is 0 Å². The van der Waals surface area contributed by atoms with Gasteiger partial charge in [-0.15, -0.1) is 10.2 Å². The van der Waals surface area contributed by atoms with E-state index in [1.165, 1.54) is 23.9 Å². The zero-order valence-corrected chi connectivity index (χ0v) is 16.0. The number of aryl methyl sites for hydroxylation is 1. The molecule has 0 radical (unpaired) electrons. The third-order valence-electron chi connectivity index (χ3n) is 4.17. The third-order valence-corrected chi connectivity index (χ3v) is 5.13. The van der Waals surface area contributed by atoms with Gasteiger partial charge >= 0.3 is 0 Å². The summed E-state index contributed by atoms with van der Waals surface area (Å²) in [7, 11) is 0. The molecule has 140 valence electrons. The lowest BCUT2D eigenvalue weighted by molar-refractivity contribution is -0.119. The van der Waals surface area contributed by atoms with Gasteiger partial charge in [0.2, 0.25) is 5.91 Å². The molecular formula is C20H21FN4OS. The number of nitrogens with zero attached hydrogens (tertiary/aromatic N) is 3. The van der Waals surface area contributed by atoms with Gasteiger partial charge < -0.3 is 9.88 Å². The van der Waals surface area contributed by atoms with Gasteiger partial charge in [0.1, 0.15) is 11.6 Å². The van der Waals surface area contributed by atoms with E-state index in [1.54, 1.807) is 12.1 Å². The molecule has 0 unspecified atom stereocenters. The summed E-state index contributed by atoms with van der Waals surface area (Å²) in [5.41, 5.74) is 2.01. The van der Waals surface area contributed by atoms with E-state index in [4.69, 9.17) is 0 Å². The van der Waals surface area contributed by atoms with Crippen molar-refractivity contribution < 1.29 is 9.18 Å². The molecule has 0 aliphatic heterocycles. The molecule has 5 nitrogen and oxygen atoms in total. The van der Waals surface area contributed by atoms with Crippen LogP contribution in [0.25, 0.3) is 0 Å². The number of carbonyl (C=O) groups excluding carboxylic acids is 1. The fourth-order valence-electron chi connectivity index (χ4n) is 2.66. The maximum Gasteiger partial charge on any atom is 0.230 e. The summed E-state index contributed by atoms with van der Waals surface area (Å²) in [4.78, 5) is 12.3. The van der Waals surface area contributed by atoms with Crippen molar-refractivity contribution in [2.24, 2.45) is 0 Å². The number of hydrogen-bond donors (Lipinski definition) is 1. The van der Waals surface area contributed by atoms with Crippen LogP contribution < -0.4 is 5.32 Å². The van der Waals surface area contributed by atoms with Gasteiger partial charge in [-0.3, -0.25) is 4.79 Å². The predicted molar refractivity (Wildman–Crippen MR) is 104 cm³/mol. The molecular weight excluding hydrogens is 363 g/mol. The van der Waals surface area contributed by atoms with E-state index in [0.29, 0.717) is 11.7 Å². The van der Waals surface area contributed by atoms with Crippen molar-refractivity contribution in [2.75, 3.05) is 5.75 Å². The Bertz CT molecular complexity index is 896. The monoisotopic (exact) mass is 384 g/mol. The Morgan fingerprint density at radius 3 is 2.56 bits per heavy atom. The SMILES string of the molecule is Cc1nnc(SCC(=O)N[C@@H](C)c2ccc(F)cc2)n1Cc1ccccc1. The van der Waals surface area contributed by atoms with Crippen molar-refractivity contribution in [1.82, 2.24) is 20.1 Å². The first-order valence-electron chi connectivity index (χ1n) is 8.64. The molecule has 0 fully saturated rings. The Labute approximate surface area is 162 Å². The molecule has 0 aliphatic carbocycles. The van der Waals surface area contributed by atoms with Gasteiger partial charge in [-0.25, -0.2) is 4.39 Å². The van der Waals surface area contributed by atoms with Crippen molar-refractivity contribution in [3.63, 3.8) is 0 Å². The van der Waals surface area contributed by atoms with Crippen LogP contribution in [0.3, 0.4) is 0 Å². The minimum Gasteiger partial charge on any atom is -0.349 e. The molecule has 2 aromatic carbocycles.